The Hall–Kier alpha value is -1.04. The molecule has 0 amide bonds. The topological polar surface area (TPSA) is 68.0 Å². The maximum absolute atomic E-state index is 10.8. The smallest absolute Gasteiger partial charge is 0.313 e. The highest BCUT2D eigenvalue weighted by Crippen LogP contribution is 2.30. The number of hydrogen-bond donors (Lipinski definition) is 1. The summed E-state index contributed by atoms with van der Waals surface area (Å²) in [5.74, 6) is 0.901. The number of carboxylic acids is 1. The predicted octanol–water partition coefficient (Wildman–Crippen LogP) is 3.33. The highest BCUT2D eigenvalue weighted by Gasteiger charge is 2.26. The number of rotatable bonds is 5. The molecular formula is C15H25N3O2S. The van der Waals surface area contributed by atoms with Crippen LogP contribution in [0, 0.1) is 5.92 Å². The van der Waals surface area contributed by atoms with Crippen LogP contribution in [0.25, 0.3) is 0 Å². The van der Waals surface area contributed by atoms with E-state index in [1.807, 2.05) is 0 Å². The molecule has 1 aromatic heterocycles. The van der Waals surface area contributed by atoms with Crippen LogP contribution in [0.15, 0.2) is 5.16 Å². The highest BCUT2D eigenvalue weighted by atomic mass is 32.2. The summed E-state index contributed by atoms with van der Waals surface area (Å²) < 4.78 is 2.12. The van der Waals surface area contributed by atoms with Crippen LogP contribution in [-0.4, -0.2) is 31.6 Å². The van der Waals surface area contributed by atoms with Crippen molar-refractivity contribution in [2.75, 3.05) is 5.75 Å². The summed E-state index contributed by atoms with van der Waals surface area (Å²) in [5.41, 5.74) is -0.131. The van der Waals surface area contributed by atoms with E-state index in [4.69, 9.17) is 5.11 Å². The average molecular weight is 311 g/mol. The number of carboxylic acid groups (broad SMARTS) is 1. The van der Waals surface area contributed by atoms with Gasteiger partial charge < -0.3 is 9.67 Å². The molecule has 0 atom stereocenters. The lowest BCUT2D eigenvalue weighted by Crippen LogP contribution is -2.26. The van der Waals surface area contributed by atoms with Gasteiger partial charge in [0, 0.05) is 12.0 Å². The van der Waals surface area contributed by atoms with E-state index < -0.39 is 5.97 Å². The van der Waals surface area contributed by atoms with E-state index in [0.717, 1.165) is 17.4 Å². The van der Waals surface area contributed by atoms with Crippen LogP contribution in [0.1, 0.15) is 58.7 Å². The number of carbonyl (C=O) groups is 1. The second kappa shape index (κ2) is 6.81. The number of thioether (sulfide) groups is 1. The first-order valence-electron chi connectivity index (χ1n) is 7.67. The van der Waals surface area contributed by atoms with Crippen molar-refractivity contribution in [2.45, 2.75) is 70.0 Å². The largest absolute Gasteiger partial charge is 0.481 e. The van der Waals surface area contributed by atoms with E-state index in [1.54, 1.807) is 0 Å². The van der Waals surface area contributed by atoms with Crippen molar-refractivity contribution < 1.29 is 9.90 Å². The van der Waals surface area contributed by atoms with E-state index in [2.05, 4.69) is 35.5 Å². The van der Waals surface area contributed by atoms with Gasteiger partial charge in [0.05, 0.1) is 5.75 Å². The predicted molar refractivity (Wildman–Crippen MR) is 83.7 cm³/mol. The molecule has 1 saturated carbocycles. The summed E-state index contributed by atoms with van der Waals surface area (Å²) in [6.07, 6.45) is 7.48. The van der Waals surface area contributed by atoms with Gasteiger partial charge in [-0.05, 0) is 26.7 Å². The Balaban J connectivity index is 2.17. The van der Waals surface area contributed by atoms with Crippen molar-refractivity contribution in [3.63, 3.8) is 0 Å². The molecule has 0 radical (unpaired) electrons. The molecule has 1 aromatic rings. The van der Waals surface area contributed by atoms with Gasteiger partial charge in [-0.15, -0.1) is 10.2 Å². The maximum atomic E-state index is 10.8. The average Bonchev–Trinajstić information content (AvgIpc) is 2.80. The van der Waals surface area contributed by atoms with E-state index in [0.29, 0.717) is 5.92 Å². The monoisotopic (exact) mass is 311 g/mol. The van der Waals surface area contributed by atoms with E-state index in [1.165, 1.54) is 43.9 Å². The fourth-order valence-electron chi connectivity index (χ4n) is 2.98. The molecule has 21 heavy (non-hydrogen) atoms. The molecule has 0 spiro atoms. The molecule has 0 aliphatic heterocycles. The highest BCUT2D eigenvalue weighted by molar-refractivity contribution is 7.99. The molecule has 2 rings (SSSR count). The van der Waals surface area contributed by atoms with Gasteiger partial charge in [-0.1, -0.05) is 43.9 Å². The molecule has 1 fully saturated rings. The first-order valence-corrected chi connectivity index (χ1v) is 8.66. The van der Waals surface area contributed by atoms with Gasteiger partial charge in [0.2, 0.25) is 0 Å². The minimum Gasteiger partial charge on any atom is -0.481 e. The molecule has 0 bridgehead atoms. The van der Waals surface area contributed by atoms with E-state index in [9.17, 15) is 4.79 Å². The van der Waals surface area contributed by atoms with E-state index in [-0.39, 0.29) is 11.3 Å². The van der Waals surface area contributed by atoms with Gasteiger partial charge in [-0.3, -0.25) is 4.79 Å². The van der Waals surface area contributed by atoms with Crippen LogP contribution in [0.3, 0.4) is 0 Å². The molecule has 1 aliphatic rings. The molecular weight excluding hydrogens is 286 g/mol. The minimum atomic E-state index is -0.822. The Morgan fingerprint density at radius 1 is 1.29 bits per heavy atom. The van der Waals surface area contributed by atoms with E-state index >= 15 is 0 Å². The van der Waals surface area contributed by atoms with Gasteiger partial charge >= 0.3 is 5.97 Å². The number of hydrogen-bond acceptors (Lipinski definition) is 4. The van der Waals surface area contributed by atoms with Gasteiger partial charge in [-0.25, -0.2) is 0 Å². The molecule has 1 heterocycles. The first kappa shape index (κ1) is 16.3. The zero-order chi connectivity index (χ0) is 15.5. The lowest BCUT2D eigenvalue weighted by atomic mass is 9.86. The zero-order valence-corrected chi connectivity index (χ0v) is 13.9. The minimum absolute atomic E-state index is 0.0254. The number of nitrogens with zero attached hydrogens (tertiary/aromatic N) is 3. The number of aromatic nitrogens is 3. The van der Waals surface area contributed by atoms with Crippen LogP contribution < -0.4 is 0 Å². The lowest BCUT2D eigenvalue weighted by Gasteiger charge is -2.27. The Kier molecular flexibility index (Phi) is 5.30. The Labute approximate surface area is 130 Å². The summed E-state index contributed by atoms with van der Waals surface area (Å²) in [5, 5.41) is 18.2. The molecule has 1 N–H and O–H groups in total. The van der Waals surface area contributed by atoms with Gasteiger partial charge in [-0.2, -0.15) is 0 Å². The van der Waals surface area contributed by atoms with Gasteiger partial charge in [0.15, 0.2) is 5.16 Å². The van der Waals surface area contributed by atoms with Crippen LogP contribution in [-0.2, 0) is 16.8 Å². The molecule has 0 unspecified atom stereocenters. The van der Waals surface area contributed by atoms with Crippen LogP contribution >= 0.6 is 11.8 Å². The third kappa shape index (κ3) is 4.46. The van der Waals surface area contributed by atoms with Crippen molar-refractivity contribution in [3.05, 3.63) is 5.82 Å². The molecule has 118 valence electrons. The molecule has 0 aromatic carbocycles. The quantitative estimate of drug-likeness (QED) is 0.845. The molecule has 6 heteroatoms. The molecule has 1 aliphatic carbocycles. The fraction of sp³-hybridized carbons (Fsp3) is 0.800. The van der Waals surface area contributed by atoms with Crippen LogP contribution in [0.2, 0.25) is 0 Å². The van der Waals surface area contributed by atoms with Crippen molar-refractivity contribution in [2.24, 2.45) is 5.92 Å². The third-order valence-electron chi connectivity index (χ3n) is 3.89. The zero-order valence-electron chi connectivity index (χ0n) is 13.1. The standard InChI is InChI=1S/C15H25N3O2S/c1-15(2,3)18-12(9-11-7-5-4-6-8-11)16-17-14(18)21-10-13(19)20/h11H,4-10H2,1-3H3,(H,19,20). The number of aliphatic carboxylic acids is 1. The van der Waals surface area contributed by atoms with Gasteiger partial charge in [0.1, 0.15) is 5.82 Å². The summed E-state index contributed by atoms with van der Waals surface area (Å²) in [4.78, 5) is 10.8. The van der Waals surface area contributed by atoms with Crippen molar-refractivity contribution in [3.8, 4) is 0 Å². The van der Waals surface area contributed by atoms with Crippen LogP contribution in [0.4, 0.5) is 0 Å². The van der Waals surface area contributed by atoms with Crippen molar-refractivity contribution >= 4 is 17.7 Å². The van der Waals surface area contributed by atoms with Crippen LogP contribution in [0.5, 0.6) is 0 Å². The lowest BCUT2D eigenvalue weighted by molar-refractivity contribution is -0.133. The third-order valence-corrected chi connectivity index (χ3v) is 4.81. The van der Waals surface area contributed by atoms with Gasteiger partial charge in [0.25, 0.3) is 0 Å². The second-order valence-electron chi connectivity index (χ2n) is 6.80. The van der Waals surface area contributed by atoms with Crippen molar-refractivity contribution in [1.82, 2.24) is 14.8 Å². The summed E-state index contributed by atoms with van der Waals surface area (Å²) in [6.45, 7) is 6.35. The Morgan fingerprint density at radius 2 is 1.95 bits per heavy atom. The summed E-state index contributed by atoms with van der Waals surface area (Å²) in [7, 11) is 0. The normalized spacial score (nSPS) is 17.1. The summed E-state index contributed by atoms with van der Waals surface area (Å²) in [6, 6.07) is 0. The molecule has 5 nitrogen and oxygen atoms in total. The van der Waals surface area contributed by atoms with Crippen molar-refractivity contribution in [1.29, 1.82) is 0 Å². The Bertz CT molecular complexity index is 488. The first-order chi connectivity index (χ1) is 9.88. The second-order valence-corrected chi connectivity index (χ2v) is 7.74. The SMILES string of the molecule is CC(C)(C)n1c(CC2CCCCC2)nnc1SCC(=O)O. The summed E-state index contributed by atoms with van der Waals surface area (Å²) >= 11 is 1.25. The maximum Gasteiger partial charge on any atom is 0.313 e. The fourth-order valence-corrected chi connectivity index (χ4v) is 3.84. The Morgan fingerprint density at radius 3 is 2.52 bits per heavy atom. The molecule has 0 saturated heterocycles.